The smallest absolute Gasteiger partial charge is 0.0107 e. The van der Waals surface area contributed by atoms with E-state index in [2.05, 4.69) is 31.0 Å². The summed E-state index contributed by atoms with van der Waals surface area (Å²) in [6, 6.07) is 0. The second-order valence-corrected chi connectivity index (χ2v) is 4.56. The van der Waals surface area contributed by atoms with Gasteiger partial charge in [-0.25, -0.2) is 0 Å². The molecule has 2 atom stereocenters. The zero-order chi connectivity index (χ0) is 9.68. The van der Waals surface area contributed by atoms with Crippen molar-refractivity contribution in [3.05, 3.63) is 0 Å². The van der Waals surface area contributed by atoms with Gasteiger partial charge in [0.15, 0.2) is 0 Å². The fraction of sp³-hybridized carbons (Fsp3) is 1.00. The Morgan fingerprint density at radius 3 is 2.38 bits per heavy atom. The molecule has 0 spiro atoms. The minimum Gasteiger partial charge on any atom is -0.316 e. The third-order valence-corrected chi connectivity index (χ3v) is 2.80. The van der Waals surface area contributed by atoms with E-state index in [-0.39, 0.29) is 0 Å². The molecule has 0 aromatic heterocycles. The summed E-state index contributed by atoms with van der Waals surface area (Å²) in [7, 11) is 0. The average molecular weight is 184 g/mol. The predicted molar refractivity (Wildman–Crippen MR) is 57.9 cm³/mol. The molecule has 1 N–H and O–H groups in total. The Hall–Kier alpha value is -0.0800. The van der Waals surface area contributed by atoms with Crippen molar-refractivity contribution in [1.29, 1.82) is 0 Å². The Morgan fingerprint density at radius 2 is 1.85 bits per heavy atom. The standard InChI is InChI=1S/C11H24N2/c1-4-12-5-6-13-8-10(2)7-11(3)9-13/h10-12H,4-9H2,1-3H3/t10-,11+. The monoisotopic (exact) mass is 184 g/mol. The van der Waals surface area contributed by atoms with Crippen LogP contribution in [0.5, 0.6) is 0 Å². The van der Waals surface area contributed by atoms with Crippen molar-refractivity contribution in [3.63, 3.8) is 0 Å². The quantitative estimate of drug-likeness (QED) is 0.667. The number of likely N-dealkylation sites (N-methyl/N-ethyl adjacent to an activating group) is 1. The Balaban J connectivity index is 2.17. The molecular weight excluding hydrogens is 160 g/mol. The van der Waals surface area contributed by atoms with Crippen molar-refractivity contribution in [2.75, 3.05) is 32.7 Å². The average Bonchev–Trinajstić information content (AvgIpc) is 2.03. The van der Waals surface area contributed by atoms with Crippen LogP contribution < -0.4 is 5.32 Å². The molecule has 1 fully saturated rings. The molecule has 0 aromatic rings. The van der Waals surface area contributed by atoms with Crippen LogP contribution in [0.25, 0.3) is 0 Å². The molecule has 0 radical (unpaired) electrons. The largest absolute Gasteiger partial charge is 0.316 e. The first-order valence-corrected chi connectivity index (χ1v) is 5.65. The van der Waals surface area contributed by atoms with Gasteiger partial charge in [-0.2, -0.15) is 0 Å². The molecule has 1 aliphatic heterocycles. The molecule has 2 heteroatoms. The molecule has 1 heterocycles. The molecule has 0 bridgehead atoms. The van der Waals surface area contributed by atoms with Gasteiger partial charge in [-0.3, -0.25) is 0 Å². The zero-order valence-corrected chi connectivity index (χ0v) is 9.34. The highest BCUT2D eigenvalue weighted by Gasteiger charge is 2.20. The Bertz CT molecular complexity index is 126. The SMILES string of the molecule is CCNCCN1C[C@H](C)C[C@H](C)C1. The lowest BCUT2D eigenvalue weighted by Crippen LogP contribution is -2.42. The number of hydrogen-bond donors (Lipinski definition) is 1. The van der Waals surface area contributed by atoms with E-state index < -0.39 is 0 Å². The third kappa shape index (κ3) is 4.10. The van der Waals surface area contributed by atoms with Gasteiger partial charge in [0.1, 0.15) is 0 Å². The van der Waals surface area contributed by atoms with Gasteiger partial charge in [0.25, 0.3) is 0 Å². The number of nitrogens with one attached hydrogen (secondary N) is 1. The first-order valence-electron chi connectivity index (χ1n) is 5.65. The normalized spacial score (nSPS) is 30.7. The summed E-state index contributed by atoms with van der Waals surface area (Å²) in [4.78, 5) is 2.60. The summed E-state index contributed by atoms with van der Waals surface area (Å²) in [6.07, 6.45) is 1.41. The van der Waals surface area contributed by atoms with Crippen molar-refractivity contribution in [2.45, 2.75) is 27.2 Å². The van der Waals surface area contributed by atoms with Crippen LogP contribution in [-0.2, 0) is 0 Å². The molecule has 0 unspecified atom stereocenters. The second-order valence-electron chi connectivity index (χ2n) is 4.56. The lowest BCUT2D eigenvalue weighted by atomic mass is 9.92. The summed E-state index contributed by atoms with van der Waals surface area (Å²) in [5, 5.41) is 3.38. The highest BCUT2D eigenvalue weighted by atomic mass is 15.1. The molecule has 0 aromatic carbocycles. The number of rotatable bonds is 4. The fourth-order valence-corrected chi connectivity index (χ4v) is 2.39. The predicted octanol–water partition coefficient (Wildman–Crippen LogP) is 1.57. The number of hydrogen-bond acceptors (Lipinski definition) is 2. The van der Waals surface area contributed by atoms with Crippen molar-refractivity contribution in [1.82, 2.24) is 10.2 Å². The molecule has 0 aliphatic carbocycles. The molecule has 0 saturated carbocycles. The Morgan fingerprint density at radius 1 is 1.23 bits per heavy atom. The van der Waals surface area contributed by atoms with Gasteiger partial charge in [-0.1, -0.05) is 20.8 Å². The molecule has 13 heavy (non-hydrogen) atoms. The lowest BCUT2D eigenvalue weighted by molar-refractivity contribution is 0.142. The third-order valence-electron chi connectivity index (χ3n) is 2.80. The lowest BCUT2D eigenvalue weighted by Gasteiger charge is -2.34. The molecule has 78 valence electrons. The second kappa shape index (κ2) is 5.61. The van der Waals surface area contributed by atoms with Gasteiger partial charge in [-0.05, 0) is 24.8 Å². The van der Waals surface area contributed by atoms with Crippen molar-refractivity contribution in [3.8, 4) is 0 Å². The first-order chi connectivity index (χ1) is 6.22. The summed E-state index contributed by atoms with van der Waals surface area (Å²) in [5.41, 5.74) is 0. The molecule has 0 amide bonds. The van der Waals surface area contributed by atoms with Crippen LogP contribution >= 0.6 is 0 Å². The van der Waals surface area contributed by atoms with Gasteiger partial charge in [-0.15, -0.1) is 0 Å². The van der Waals surface area contributed by atoms with Crippen LogP contribution in [0.15, 0.2) is 0 Å². The minimum atomic E-state index is 0.894. The van der Waals surface area contributed by atoms with Gasteiger partial charge < -0.3 is 10.2 Å². The zero-order valence-electron chi connectivity index (χ0n) is 9.34. The summed E-state index contributed by atoms with van der Waals surface area (Å²) in [5.74, 6) is 1.79. The first kappa shape index (κ1) is 11.0. The van der Waals surface area contributed by atoms with E-state index in [0.717, 1.165) is 24.9 Å². The maximum atomic E-state index is 3.38. The highest BCUT2D eigenvalue weighted by molar-refractivity contribution is 4.74. The number of likely N-dealkylation sites (tertiary alicyclic amines) is 1. The molecule has 2 nitrogen and oxygen atoms in total. The van der Waals surface area contributed by atoms with E-state index in [1.165, 1.54) is 26.1 Å². The maximum Gasteiger partial charge on any atom is 0.0107 e. The molecular formula is C11H24N2. The Labute approximate surface area is 82.7 Å². The van der Waals surface area contributed by atoms with E-state index in [9.17, 15) is 0 Å². The maximum absolute atomic E-state index is 3.38. The Kier molecular flexibility index (Phi) is 4.74. The topological polar surface area (TPSA) is 15.3 Å². The van der Waals surface area contributed by atoms with Crippen molar-refractivity contribution >= 4 is 0 Å². The van der Waals surface area contributed by atoms with Crippen LogP contribution in [0.4, 0.5) is 0 Å². The summed E-state index contributed by atoms with van der Waals surface area (Å²) in [6.45, 7) is 13.0. The summed E-state index contributed by atoms with van der Waals surface area (Å²) < 4.78 is 0. The van der Waals surface area contributed by atoms with E-state index in [1.54, 1.807) is 0 Å². The van der Waals surface area contributed by atoms with E-state index in [0.29, 0.717) is 0 Å². The summed E-state index contributed by atoms with van der Waals surface area (Å²) >= 11 is 0. The van der Waals surface area contributed by atoms with Crippen LogP contribution in [-0.4, -0.2) is 37.6 Å². The van der Waals surface area contributed by atoms with Crippen molar-refractivity contribution < 1.29 is 0 Å². The number of piperidine rings is 1. The van der Waals surface area contributed by atoms with Gasteiger partial charge in [0, 0.05) is 26.2 Å². The van der Waals surface area contributed by atoms with Crippen LogP contribution in [0, 0.1) is 11.8 Å². The molecule has 1 saturated heterocycles. The van der Waals surface area contributed by atoms with Crippen LogP contribution in [0.2, 0.25) is 0 Å². The highest BCUT2D eigenvalue weighted by Crippen LogP contribution is 2.20. The van der Waals surface area contributed by atoms with E-state index in [4.69, 9.17) is 0 Å². The fourth-order valence-electron chi connectivity index (χ4n) is 2.39. The van der Waals surface area contributed by atoms with Gasteiger partial charge in [0.2, 0.25) is 0 Å². The van der Waals surface area contributed by atoms with Gasteiger partial charge in [0.05, 0.1) is 0 Å². The number of nitrogens with zero attached hydrogens (tertiary/aromatic N) is 1. The molecule has 1 rings (SSSR count). The van der Waals surface area contributed by atoms with E-state index >= 15 is 0 Å². The molecule has 1 aliphatic rings. The van der Waals surface area contributed by atoms with Gasteiger partial charge >= 0.3 is 0 Å². The van der Waals surface area contributed by atoms with Crippen molar-refractivity contribution in [2.24, 2.45) is 11.8 Å². The van der Waals surface area contributed by atoms with Crippen LogP contribution in [0.3, 0.4) is 0 Å². The van der Waals surface area contributed by atoms with E-state index in [1.807, 2.05) is 0 Å². The minimum absolute atomic E-state index is 0.894. The van der Waals surface area contributed by atoms with Crippen LogP contribution in [0.1, 0.15) is 27.2 Å².